The third kappa shape index (κ3) is 2.63. The fraction of sp³-hybridized carbons (Fsp3) is 0.846. The Morgan fingerprint density at radius 1 is 1.38 bits per heavy atom. The van der Waals surface area contributed by atoms with Gasteiger partial charge in [-0.25, -0.2) is 0 Å². The first-order chi connectivity index (χ1) is 7.31. The summed E-state index contributed by atoms with van der Waals surface area (Å²) in [5.41, 5.74) is 0.0801. The third-order valence-corrected chi connectivity index (χ3v) is 3.37. The Morgan fingerprint density at radius 3 is 2.19 bits per heavy atom. The molecule has 0 heterocycles. The lowest BCUT2D eigenvalue weighted by Gasteiger charge is -2.18. The molecule has 0 aromatic rings. The summed E-state index contributed by atoms with van der Waals surface area (Å²) in [6.07, 6.45) is 0.897. The van der Waals surface area contributed by atoms with Gasteiger partial charge in [0.05, 0.1) is 6.61 Å². The van der Waals surface area contributed by atoms with Gasteiger partial charge in [-0.2, -0.15) is 0 Å². The highest BCUT2D eigenvalue weighted by Crippen LogP contribution is 2.53. The number of esters is 1. The molecule has 0 N–H and O–H groups in total. The summed E-state index contributed by atoms with van der Waals surface area (Å²) >= 11 is 0. The summed E-state index contributed by atoms with van der Waals surface area (Å²) in [6, 6.07) is 0. The van der Waals surface area contributed by atoms with E-state index in [-0.39, 0.29) is 29.0 Å². The van der Waals surface area contributed by atoms with Gasteiger partial charge in [-0.05, 0) is 24.7 Å². The molecule has 3 nitrogen and oxygen atoms in total. The lowest BCUT2D eigenvalue weighted by atomic mass is 9.87. The zero-order valence-corrected chi connectivity index (χ0v) is 10.9. The summed E-state index contributed by atoms with van der Waals surface area (Å²) in [7, 11) is 0. The maximum Gasteiger partial charge on any atom is 0.316 e. The minimum atomic E-state index is -0.577. The van der Waals surface area contributed by atoms with Crippen LogP contribution in [0.25, 0.3) is 0 Å². The number of hydrogen-bond donors (Lipinski definition) is 0. The first-order valence-electron chi connectivity index (χ1n) is 6.01. The van der Waals surface area contributed by atoms with Gasteiger partial charge in [-0.1, -0.05) is 27.7 Å². The van der Waals surface area contributed by atoms with E-state index < -0.39 is 5.92 Å². The Labute approximate surface area is 97.5 Å². The van der Waals surface area contributed by atoms with E-state index in [0.29, 0.717) is 6.61 Å². The lowest BCUT2D eigenvalue weighted by molar-refractivity contribution is -0.153. The number of Topliss-reactive ketones (excluding diaryl/α,β-unsaturated/α-hetero) is 1. The van der Waals surface area contributed by atoms with Crippen molar-refractivity contribution in [2.45, 2.75) is 41.0 Å². The highest BCUT2D eigenvalue weighted by Gasteiger charge is 2.53. The number of ether oxygens (including phenoxy) is 1. The number of rotatable bonds is 5. The molecule has 16 heavy (non-hydrogen) atoms. The van der Waals surface area contributed by atoms with Crippen molar-refractivity contribution < 1.29 is 14.3 Å². The van der Waals surface area contributed by atoms with Crippen molar-refractivity contribution in [1.29, 1.82) is 0 Å². The molecule has 0 spiro atoms. The van der Waals surface area contributed by atoms with E-state index in [1.807, 2.05) is 13.8 Å². The van der Waals surface area contributed by atoms with Crippen LogP contribution in [0.3, 0.4) is 0 Å². The van der Waals surface area contributed by atoms with Crippen LogP contribution in [0.1, 0.15) is 41.0 Å². The summed E-state index contributed by atoms with van der Waals surface area (Å²) in [4.78, 5) is 23.9. The van der Waals surface area contributed by atoms with Gasteiger partial charge in [0.2, 0.25) is 0 Å². The molecular weight excluding hydrogens is 204 g/mol. The van der Waals surface area contributed by atoms with Gasteiger partial charge >= 0.3 is 5.97 Å². The molecule has 1 rings (SSSR count). The monoisotopic (exact) mass is 226 g/mol. The SMILES string of the molecule is CCOC(=O)C(C(=O)C1CC1(C)C)C(C)C. The van der Waals surface area contributed by atoms with E-state index in [1.54, 1.807) is 6.92 Å². The number of ketones is 1. The van der Waals surface area contributed by atoms with E-state index in [1.165, 1.54) is 0 Å². The molecule has 0 aromatic heterocycles. The van der Waals surface area contributed by atoms with E-state index in [9.17, 15) is 9.59 Å². The van der Waals surface area contributed by atoms with Crippen LogP contribution in [0, 0.1) is 23.2 Å². The normalized spacial score (nSPS) is 24.0. The Bertz CT molecular complexity index is 292. The smallest absolute Gasteiger partial charge is 0.316 e. The maximum atomic E-state index is 12.2. The molecule has 2 atom stereocenters. The fourth-order valence-corrected chi connectivity index (χ4v) is 2.12. The van der Waals surface area contributed by atoms with Gasteiger partial charge in [0.1, 0.15) is 5.92 Å². The van der Waals surface area contributed by atoms with Gasteiger partial charge in [-0.3, -0.25) is 9.59 Å². The van der Waals surface area contributed by atoms with Crippen LogP contribution in [0.2, 0.25) is 0 Å². The molecule has 1 aliphatic carbocycles. The molecule has 0 amide bonds. The third-order valence-electron chi connectivity index (χ3n) is 3.37. The Morgan fingerprint density at radius 2 is 1.88 bits per heavy atom. The fourth-order valence-electron chi connectivity index (χ4n) is 2.12. The highest BCUT2D eigenvalue weighted by molar-refractivity contribution is 6.02. The molecule has 1 aliphatic rings. The predicted octanol–water partition coefficient (Wildman–Crippen LogP) is 2.44. The molecule has 3 heteroatoms. The second kappa shape index (κ2) is 4.56. The molecule has 1 saturated carbocycles. The van der Waals surface area contributed by atoms with Crippen LogP contribution in [-0.4, -0.2) is 18.4 Å². The first-order valence-corrected chi connectivity index (χ1v) is 6.01. The predicted molar refractivity (Wildman–Crippen MR) is 61.9 cm³/mol. The molecule has 0 saturated heterocycles. The van der Waals surface area contributed by atoms with Crippen LogP contribution in [-0.2, 0) is 14.3 Å². The minimum Gasteiger partial charge on any atom is -0.465 e. The van der Waals surface area contributed by atoms with E-state index >= 15 is 0 Å². The quantitative estimate of drug-likeness (QED) is 0.534. The number of hydrogen-bond acceptors (Lipinski definition) is 3. The van der Waals surface area contributed by atoms with Gasteiger partial charge < -0.3 is 4.74 Å². The van der Waals surface area contributed by atoms with Crippen molar-refractivity contribution in [2.24, 2.45) is 23.2 Å². The second-order valence-electron chi connectivity index (χ2n) is 5.62. The highest BCUT2D eigenvalue weighted by atomic mass is 16.5. The molecule has 0 aliphatic heterocycles. The van der Waals surface area contributed by atoms with Crippen molar-refractivity contribution >= 4 is 11.8 Å². The molecule has 92 valence electrons. The minimum absolute atomic E-state index is 0.0166. The van der Waals surface area contributed by atoms with E-state index in [0.717, 1.165) is 6.42 Å². The van der Waals surface area contributed by atoms with Gasteiger partial charge in [0.25, 0.3) is 0 Å². The average molecular weight is 226 g/mol. The van der Waals surface area contributed by atoms with Crippen molar-refractivity contribution in [2.75, 3.05) is 6.61 Å². The van der Waals surface area contributed by atoms with Crippen molar-refractivity contribution in [3.63, 3.8) is 0 Å². The van der Waals surface area contributed by atoms with Crippen molar-refractivity contribution in [3.05, 3.63) is 0 Å². The summed E-state index contributed by atoms with van der Waals surface area (Å²) in [5, 5.41) is 0. The molecule has 2 unspecified atom stereocenters. The van der Waals surface area contributed by atoms with Gasteiger partial charge in [0, 0.05) is 5.92 Å². The van der Waals surface area contributed by atoms with Gasteiger partial charge in [-0.15, -0.1) is 0 Å². The lowest BCUT2D eigenvalue weighted by Crippen LogP contribution is -2.32. The molecular formula is C13H22O3. The summed E-state index contributed by atoms with van der Waals surface area (Å²) < 4.78 is 4.97. The summed E-state index contributed by atoms with van der Waals surface area (Å²) in [5.74, 6) is -0.803. The van der Waals surface area contributed by atoms with Crippen molar-refractivity contribution in [3.8, 4) is 0 Å². The largest absolute Gasteiger partial charge is 0.465 e. The van der Waals surface area contributed by atoms with Crippen LogP contribution < -0.4 is 0 Å². The van der Waals surface area contributed by atoms with E-state index in [2.05, 4.69) is 13.8 Å². The molecule has 0 radical (unpaired) electrons. The van der Waals surface area contributed by atoms with Crippen LogP contribution in [0.5, 0.6) is 0 Å². The maximum absolute atomic E-state index is 12.2. The number of carbonyl (C=O) groups excluding carboxylic acids is 2. The second-order valence-corrected chi connectivity index (χ2v) is 5.62. The molecule has 0 aromatic carbocycles. The average Bonchev–Trinajstić information content (AvgIpc) is 2.75. The van der Waals surface area contributed by atoms with Crippen LogP contribution in [0.4, 0.5) is 0 Å². The molecule has 1 fully saturated rings. The van der Waals surface area contributed by atoms with Gasteiger partial charge in [0.15, 0.2) is 5.78 Å². The summed E-state index contributed by atoms with van der Waals surface area (Å²) in [6.45, 7) is 10.0. The molecule has 0 bridgehead atoms. The zero-order valence-electron chi connectivity index (χ0n) is 10.9. The Kier molecular flexibility index (Phi) is 3.76. The first kappa shape index (κ1) is 13.2. The zero-order chi connectivity index (χ0) is 12.5. The topological polar surface area (TPSA) is 43.4 Å². The van der Waals surface area contributed by atoms with Crippen molar-refractivity contribution in [1.82, 2.24) is 0 Å². The Balaban J connectivity index is 2.71. The standard InChI is InChI=1S/C13H22O3/c1-6-16-12(15)10(8(2)3)11(14)9-7-13(9,4)5/h8-10H,6-7H2,1-5H3. The van der Waals surface area contributed by atoms with Crippen LogP contribution in [0.15, 0.2) is 0 Å². The number of carbonyl (C=O) groups is 2. The van der Waals surface area contributed by atoms with E-state index in [4.69, 9.17) is 4.74 Å². The van der Waals surface area contributed by atoms with Crippen LogP contribution >= 0.6 is 0 Å². The Hall–Kier alpha value is -0.860.